The lowest BCUT2D eigenvalue weighted by atomic mass is 10.1. The summed E-state index contributed by atoms with van der Waals surface area (Å²) in [7, 11) is 0. The lowest BCUT2D eigenvalue weighted by Crippen LogP contribution is -2.33. The van der Waals surface area contributed by atoms with Crippen LogP contribution >= 0.6 is 11.8 Å². The molecule has 1 aromatic carbocycles. The van der Waals surface area contributed by atoms with E-state index in [9.17, 15) is 9.59 Å². The molecule has 0 spiro atoms. The van der Waals surface area contributed by atoms with Crippen molar-refractivity contribution in [1.82, 2.24) is 24.9 Å². The molecule has 4 rings (SSSR count). The number of fused-ring (bicyclic) bond motifs is 2. The number of nitrogens with zero attached hydrogens (tertiary/aromatic N) is 3. The molecule has 0 aliphatic rings. The minimum atomic E-state index is -0.425. The van der Waals surface area contributed by atoms with Crippen molar-refractivity contribution >= 4 is 34.2 Å². The molecule has 1 unspecified atom stereocenters. The second-order valence-electron chi connectivity index (χ2n) is 6.37. The molecular formula is C20H19N5O2S. The lowest BCUT2D eigenvalue weighted by molar-refractivity contribution is 0.0932. The van der Waals surface area contributed by atoms with Crippen LogP contribution < -0.4 is 10.7 Å². The summed E-state index contributed by atoms with van der Waals surface area (Å²) in [5.41, 5.74) is 1.21. The highest BCUT2D eigenvalue weighted by Crippen LogP contribution is 2.19. The van der Waals surface area contributed by atoms with E-state index >= 15 is 0 Å². The Balaban J connectivity index is 1.68. The Morgan fingerprint density at radius 2 is 2.04 bits per heavy atom. The van der Waals surface area contributed by atoms with Crippen LogP contribution in [-0.2, 0) is 0 Å². The van der Waals surface area contributed by atoms with Gasteiger partial charge in [-0.1, -0.05) is 18.2 Å². The van der Waals surface area contributed by atoms with Crippen molar-refractivity contribution in [1.29, 1.82) is 0 Å². The van der Waals surface area contributed by atoms with E-state index in [1.165, 1.54) is 6.20 Å². The van der Waals surface area contributed by atoms with Crippen molar-refractivity contribution in [3.05, 3.63) is 76.5 Å². The van der Waals surface area contributed by atoms with E-state index in [0.717, 1.165) is 5.75 Å². The fraction of sp³-hybridized carbons (Fsp3) is 0.200. The SMILES string of the molecule is CSCCC(NC(=O)c1c[nH]c2ccccc2c1=O)c1nnc2ccccn12. The highest BCUT2D eigenvalue weighted by molar-refractivity contribution is 7.98. The van der Waals surface area contributed by atoms with Crippen LogP contribution in [0.25, 0.3) is 16.6 Å². The van der Waals surface area contributed by atoms with Gasteiger partial charge in [0.25, 0.3) is 5.91 Å². The number of pyridine rings is 2. The first-order valence-electron chi connectivity index (χ1n) is 8.89. The summed E-state index contributed by atoms with van der Waals surface area (Å²) in [4.78, 5) is 28.7. The summed E-state index contributed by atoms with van der Waals surface area (Å²) in [6, 6.07) is 12.4. The fourth-order valence-electron chi connectivity index (χ4n) is 3.17. The number of H-pyrrole nitrogens is 1. The van der Waals surface area contributed by atoms with Crippen LogP contribution in [0, 0.1) is 0 Å². The van der Waals surface area contributed by atoms with E-state index in [4.69, 9.17) is 0 Å². The predicted molar refractivity (Wildman–Crippen MR) is 111 cm³/mol. The highest BCUT2D eigenvalue weighted by Gasteiger charge is 2.22. The summed E-state index contributed by atoms with van der Waals surface area (Å²) in [6.45, 7) is 0. The van der Waals surface area contributed by atoms with Crippen molar-refractivity contribution in [3.63, 3.8) is 0 Å². The molecule has 0 bridgehead atoms. The van der Waals surface area contributed by atoms with Gasteiger partial charge in [-0.25, -0.2) is 0 Å². The van der Waals surface area contributed by atoms with Gasteiger partial charge in [0.1, 0.15) is 5.56 Å². The summed E-state index contributed by atoms with van der Waals surface area (Å²) < 4.78 is 1.86. The molecule has 0 aliphatic heterocycles. The molecule has 1 amide bonds. The van der Waals surface area contributed by atoms with Crippen molar-refractivity contribution in [2.45, 2.75) is 12.5 Å². The van der Waals surface area contributed by atoms with Crippen molar-refractivity contribution in [3.8, 4) is 0 Å². The Morgan fingerprint density at radius 1 is 1.21 bits per heavy atom. The number of aromatic amines is 1. The normalized spacial score (nSPS) is 12.3. The smallest absolute Gasteiger partial charge is 0.257 e. The quantitative estimate of drug-likeness (QED) is 0.526. The number of aromatic nitrogens is 4. The molecule has 7 nitrogen and oxygen atoms in total. The Hall–Kier alpha value is -3.13. The molecule has 2 N–H and O–H groups in total. The number of para-hydroxylation sites is 1. The molecule has 28 heavy (non-hydrogen) atoms. The second-order valence-corrected chi connectivity index (χ2v) is 7.36. The maximum atomic E-state index is 12.9. The zero-order valence-electron chi connectivity index (χ0n) is 15.3. The Morgan fingerprint density at radius 3 is 2.89 bits per heavy atom. The maximum absolute atomic E-state index is 12.9. The molecule has 8 heteroatoms. The topological polar surface area (TPSA) is 92.1 Å². The summed E-state index contributed by atoms with van der Waals surface area (Å²) >= 11 is 1.68. The number of carbonyl (C=O) groups is 1. The Labute approximate surface area is 165 Å². The van der Waals surface area contributed by atoms with E-state index in [-0.39, 0.29) is 17.0 Å². The van der Waals surface area contributed by atoms with Crippen LogP contribution in [0.4, 0.5) is 0 Å². The number of hydrogen-bond donors (Lipinski definition) is 2. The molecule has 1 atom stereocenters. The largest absolute Gasteiger partial charge is 0.360 e. The second kappa shape index (κ2) is 7.85. The first kappa shape index (κ1) is 18.2. The number of nitrogens with one attached hydrogen (secondary N) is 2. The van der Waals surface area contributed by atoms with Crippen LogP contribution in [0.5, 0.6) is 0 Å². The fourth-order valence-corrected chi connectivity index (χ4v) is 3.64. The molecule has 0 saturated heterocycles. The highest BCUT2D eigenvalue weighted by atomic mass is 32.2. The molecule has 0 aliphatic carbocycles. The first-order valence-corrected chi connectivity index (χ1v) is 10.3. The van der Waals surface area contributed by atoms with E-state index in [1.54, 1.807) is 23.9 Å². The van der Waals surface area contributed by atoms with Crippen LogP contribution in [0.15, 0.2) is 59.7 Å². The Kier molecular flexibility index (Phi) is 5.12. The van der Waals surface area contributed by atoms with Crippen LogP contribution in [0.1, 0.15) is 28.6 Å². The average Bonchev–Trinajstić information content (AvgIpc) is 3.15. The van der Waals surface area contributed by atoms with Gasteiger partial charge in [0, 0.05) is 23.3 Å². The molecule has 3 aromatic heterocycles. The number of carbonyl (C=O) groups excluding carboxylic acids is 1. The molecular weight excluding hydrogens is 374 g/mol. The number of benzene rings is 1. The van der Waals surface area contributed by atoms with Gasteiger partial charge < -0.3 is 10.3 Å². The van der Waals surface area contributed by atoms with Crippen LogP contribution in [0.3, 0.4) is 0 Å². The third kappa shape index (κ3) is 3.38. The van der Waals surface area contributed by atoms with Crippen LogP contribution in [-0.4, -0.2) is 37.5 Å². The molecule has 0 radical (unpaired) electrons. The third-order valence-electron chi connectivity index (χ3n) is 4.60. The van der Waals surface area contributed by atoms with Gasteiger partial charge in [-0.15, -0.1) is 10.2 Å². The number of hydrogen-bond acceptors (Lipinski definition) is 5. The van der Waals surface area contributed by atoms with Gasteiger partial charge in [-0.2, -0.15) is 11.8 Å². The van der Waals surface area contributed by atoms with Crippen molar-refractivity contribution < 1.29 is 4.79 Å². The summed E-state index contributed by atoms with van der Waals surface area (Å²) in [5.74, 6) is 1.06. The summed E-state index contributed by atoms with van der Waals surface area (Å²) in [5, 5.41) is 11.9. The molecule has 142 valence electrons. The molecule has 3 heterocycles. The zero-order valence-corrected chi connectivity index (χ0v) is 16.1. The van der Waals surface area contributed by atoms with Crippen LogP contribution in [0.2, 0.25) is 0 Å². The molecule has 0 saturated carbocycles. The van der Waals surface area contributed by atoms with Gasteiger partial charge in [0.05, 0.1) is 6.04 Å². The Bertz CT molecular complexity index is 1200. The van der Waals surface area contributed by atoms with E-state index in [1.807, 2.05) is 47.2 Å². The standard InChI is InChI=1S/C20H19N5O2S/c1-28-11-9-16(19-24-23-17-8-4-5-10-25(17)19)22-20(27)14-12-21-15-7-3-2-6-13(15)18(14)26/h2-8,10,12,16H,9,11H2,1H3,(H,21,26)(H,22,27). The van der Waals surface area contributed by atoms with E-state index in [0.29, 0.717) is 28.8 Å². The van der Waals surface area contributed by atoms with Gasteiger partial charge in [0.15, 0.2) is 11.5 Å². The maximum Gasteiger partial charge on any atom is 0.257 e. The van der Waals surface area contributed by atoms with Gasteiger partial charge in [0.2, 0.25) is 5.43 Å². The third-order valence-corrected chi connectivity index (χ3v) is 5.24. The number of amides is 1. The minimum Gasteiger partial charge on any atom is -0.360 e. The zero-order chi connectivity index (χ0) is 19.5. The lowest BCUT2D eigenvalue weighted by Gasteiger charge is -2.17. The summed E-state index contributed by atoms with van der Waals surface area (Å²) in [6.07, 6.45) is 6.02. The van der Waals surface area contributed by atoms with Gasteiger partial charge in [-0.05, 0) is 42.7 Å². The molecule has 4 aromatic rings. The van der Waals surface area contributed by atoms with E-state index < -0.39 is 5.91 Å². The average molecular weight is 393 g/mol. The number of rotatable bonds is 6. The first-order chi connectivity index (χ1) is 13.7. The predicted octanol–water partition coefficient (Wildman–Crippen LogP) is 2.80. The minimum absolute atomic E-state index is 0.0849. The number of thioether (sulfide) groups is 1. The molecule has 0 fully saturated rings. The van der Waals surface area contributed by atoms with Crippen molar-refractivity contribution in [2.24, 2.45) is 0 Å². The van der Waals surface area contributed by atoms with Crippen molar-refractivity contribution in [2.75, 3.05) is 12.0 Å². The van der Waals surface area contributed by atoms with Gasteiger partial charge in [-0.3, -0.25) is 14.0 Å². The van der Waals surface area contributed by atoms with E-state index in [2.05, 4.69) is 20.5 Å². The monoisotopic (exact) mass is 393 g/mol. The van der Waals surface area contributed by atoms with Gasteiger partial charge >= 0.3 is 0 Å².